The zero-order valence-corrected chi connectivity index (χ0v) is 21.1. The largest absolute Gasteiger partial charge is 0.452 e. The maximum atomic E-state index is 13.4. The molecule has 0 saturated heterocycles. The number of nitrogens with zero attached hydrogens (tertiary/aromatic N) is 3. The topological polar surface area (TPSA) is 127 Å². The molecule has 0 saturated carbocycles. The summed E-state index contributed by atoms with van der Waals surface area (Å²) in [6, 6.07) is 6.12. The van der Waals surface area contributed by atoms with Crippen LogP contribution in [0.2, 0.25) is 5.02 Å². The average molecular weight is 641 g/mol. The predicted octanol–water partition coefficient (Wildman–Crippen LogP) is 4.72. The second kappa shape index (κ2) is 10.6. The van der Waals surface area contributed by atoms with Crippen LogP contribution >= 0.6 is 43.5 Å². The number of rotatable bonds is 4. The number of anilines is 1. The second-order valence-corrected chi connectivity index (χ2v) is 8.65. The second-order valence-electron chi connectivity index (χ2n) is 6.47. The summed E-state index contributed by atoms with van der Waals surface area (Å²) >= 11 is 12.5. The number of halogens is 6. The number of methoxy groups -OCH3 is 1. The van der Waals surface area contributed by atoms with E-state index in [0.717, 1.165) is 7.11 Å². The molecular weight excluding hydrogens is 629 g/mol. The molecule has 16 heteroatoms. The molecule has 3 rings (SSSR count). The number of hydrogen-bond acceptors (Lipinski definition) is 6. The molecule has 0 fully saturated rings. The standard InChI is InChI=1S/C19H12Br2ClF3N6O4/c1-35-18(34)29-28-16(32)9-5-8(20)6-10(21)14(9)27-17(33)12-7-13(19(23,24)25)30-31(12)15-11(22)3-2-4-26-15/h2-7H,1H3,(H,27,33)(H,28,32)(H,29,34). The lowest BCUT2D eigenvalue weighted by atomic mass is 10.1. The van der Waals surface area contributed by atoms with Crippen molar-refractivity contribution in [2.75, 3.05) is 12.4 Å². The van der Waals surface area contributed by atoms with Crippen LogP contribution in [0.3, 0.4) is 0 Å². The van der Waals surface area contributed by atoms with Crippen LogP contribution in [0, 0.1) is 0 Å². The van der Waals surface area contributed by atoms with E-state index >= 15 is 0 Å². The summed E-state index contributed by atoms with van der Waals surface area (Å²) in [6.07, 6.45) is -4.57. The summed E-state index contributed by atoms with van der Waals surface area (Å²) in [5.74, 6) is -2.15. The Labute approximate surface area is 216 Å². The molecule has 0 unspecified atom stereocenters. The Bertz CT molecular complexity index is 1320. The maximum absolute atomic E-state index is 13.4. The molecule has 0 spiro atoms. The van der Waals surface area contributed by atoms with E-state index in [4.69, 9.17) is 11.6 Å². The maximum Gasteiger partial charge on any atom is 0.435 e. The highest BCUT2D eigenvalue weighted by molar-refractivity contribution is 9.11. The lowest BCUT2D eigenvalue weighted by Gasteiger charge is -2.15. The molecule has 0 aliphatic carbocycles. The van der Waals surface area contributed by atoms with Crippen molar-refractivity contribution in [1.82, 2.24) is 25.6 Å². The summed E-state index contributed by atoms with van der Waals surface area (Å²) in [7, 11) is 1.08. The Morgan fingerprint density at radius 3 is 2.46 bits per heavy atom. The molecule has 3 amide bonds. The normalized spacial score (nSPS) is 11.1. The lowest BCUT2D eigenvalue weighted by molar-refractivity contribution is -0.141. The van der Waals surface area contributed by atoms with Gasteiger partial charge in [0.25, 0.3) is 11.8 Å². The van der Waals surface area contributed by atoms with Gasteiger partial charge in [-0.25, -0.2) is 19.9 Å². The van der Waals surface area contributed by atoms with E-state index in [2.05, 4.69) is 57.4 Å². The van der Waals surface area contributed by atoms with Crippen LogP contribution in [0.1, 0.15) is 26.5 Å². The first-order chi connectivity index (χ1) is 16.4. The van der Waals surface area contributed by atoms with Crippen molar-refractivity contribution in [1.29, 1.82) is 0 Å². The fraction of sp³-hybridized carbons (Fsp3) is 0.105. The van der Waals surface area contributed by atoms with Gasteiger partial charge in [-0.2, -0.15) is 18.3 Å². The molecule has 3 N–H and O–H groups in total. The number of nitrogens with one attached hydrogen (secondary N) is 3. The first kappa shape index (κ1) is 26.4. The molecule has 184 valence electrons. The number of hydrogen-bond donors (Lipinski definition) is 3. The molecule has 2 heterocycles. The number of pyridine rings is 1. The minimum Gasteiger partial charge on any atom is -0.452 e. The highest BCUT2D eigenvalue weighted by Gasteiger charge is 2.37. The van der Waals surface area contributed by atoms with Crippen LogP contribution in [0.5, 0.6) is 0 Å². The number of alkyl halides is 3. The Kier molecular flexibility index (Phi) is 8.02. The van der Waals surface area contributed by atoms with E-state index in [0.29, 0.717) is 15.2 Å². The number of amides is 3. The molecule has 0 radical (unpaired) electrons. The number of ether oxygens (including phenoxy) is 1. The van der Waals surface area contributed by atoms with Crippen molar-refractivity contribution in [3.63, 3.8) is 0 Å². The molecule has 0 atom stereocenters. The van der Waals surface area contributed by atoms with Gasteiger partial charge >= 0.3 is 12.3 Å². The predicted molar refractivity (Wildman–Crippen MR) is 124 cm³/mol. The summed E-state index contributed by atoms with van der Waals surface area (Å²) < 4.78 is 45.7. The SMILES string of the molecule is COC(=O)NNC(=O)c1cc(Br)cc(Br)c1NC(=O)c1cc(C(F)(F)F)nn1-c1ncccc1Cl. The summed E-state index contributed by atoms with van der Waals surface area (Å²) in [6.45, 7) is 0. The van der Waals surface area contributed by atoms with Gasteiger partial charge in [-0.1, -0.05) is 27.5 Å². The molecule has 0 bridgehead atoms. The van der Waals surface area contributed by atoms with Gasteiger partial charge in [0.1, 0.15) is 5.69 Å². The molecular formula is C19H12Br2ClF3N6O4. The molecule has 3 aromatic rings. The lowest BCUT2D eigenvalue weighted by Crippen LogP contribution is -2.41. The van der Waals surface area contributed by atoms with Gasteiger partial charge in [-0.05, 0) is 40.2 Å². The van der Waals surface area contributed by atoms with Crippen LogP contribution < -0.4 is 16.2 Å². The van der Waals surface area contributed by atoms with Crippen LogP contribution in [-0.4, -0.2) is 39.8 Å². The van der Waals surface area contributed by atoms with E-state index in [1.165, 1.54) is 30.5 Å². The third kappa shape index (κ3) is 6.10. The van der Waals surface area contributed by atoms with Gasteiger partial charge in [0.05, 0.1) is 23.4 Å². The first-order valence-corrected chi connectivity index (χ1v) is 11.1. The van der Waals surface area contributed by atoms with Crippen molar-refractivity contribution in [2.45, 2.75) is 6.18 Å². The van der Waals surface area contributed by atoms with Crippen LogP contribution in [0.25, 0.3) is 5.82 Å². The van der Waals surface area contributed by atoms with E-state index in [-0.39, 0.29) is 26.6 Å². The molecule has 1 aromatic carbocycles. The van der Waals surface area contributed by atoms with Crippen molar-refractivity contribution in [2.24, 2.45) is 0 Å². The Morgan fingerprint density at radius 2 is 1.83 bits per heavy atom. The highest BCUT2D eigenvalue weighted by Crippen LogP contribution is 2.33. The fourth-order valence-corrected chi connectivity index (χ4v) is 4.19. The summed E-state index contributed by atoms with van der Waals surface area (Å²) in [5.41, 5.74) is 1.85. The van der Waals surface area contributed by atoms with Gasteiger partial charge in [0.15, 0.2) is 11.5 Å². The van der Waals surface area contributed by atoms with E-state index < -0.39 is 35.5 Å². The van der Waals surface area contributed by atoms with E-state index in [9.17, 15) is 27.6 Å². The summed E-state index contributed by atoms with van der Waals surface area (Å²) in [5, 5.41) is 5.78. The van der Waals surface area contributed by atoms with Gasteiger partial charge in [0, 0.05) is 21.2 Å². The summed E-state index contributed by atoms with van der Waals surface area (Å²) in [4.78, 5) is 40.9. The third-order valence-corrected chi connectivity index (χ3v) is 5.55. The van der Waals surface area contributed by atoms with Crippen molar-refractivity contribution < 1.29 is 32.3 Å². The minimum atomic E-state index is -4.87. The van der Waals surface area contributed by atoms with Crippen LogP contribution in [-0.2, 0) is 10.9 Å². The Hall–Kier alpha value is -3.17. The van der Waals surface area contributed by atoms with E-state index in [1.807, 2.05) is 5.43 Å². The Balaban J connectivity index is 2.04. The van der Waals surface area contributed by atoms with Gasteiger partial charge in [-0.15, -0.1) is 0 Å². The molecule has 2 aromatic heterocycles. The molecule has 10 nitrogen and oxygen atoms in total. The number of benzene rings is 1. The number of carbonyl (C=O) groups is 3. The van der Waals surface area contributed by atoms with Gasteiger partial charge < -0.3 is 10.1 Å². The third-order valence-electron chi connectivity index (χ3n) is 4.17. The average Bonchev–Trinajstić information content (AvgIpc) is 3.25. The van der Waals surface area contributed by atoms with Crippen molar-refractivity contribution in [3.8, 4) is 5.82 Å². The zero-order chi connectivity index (χ0) is 25.9. The van der Waals surface area contributed by atoms with Crippen LogP contribution in [0.4, 0.5) is 23.7 Å². The number of hydrazine groups is 1. The smallest absolute Gasteiger partial charge is 0.435 e. The van der Waals surface area contributed by atoms with Gasteiger partial charge in [0.2, 0.25) is 0 Å². The van der Waals surface area contributed by atoms with E-state index in [1.54, 1.807) is 0 Å². The molecule has 0 aliphatic rings. The quantitative estimate of drug-likeness (QED) is 0.355. The fourth-order valence-electron chi connectivity index (χ4n) is 2.66. The number of aromatic nitrogens is 3. The highest BCUT2D eigenvalue weighted by atomic mass is 79.9. The first-order valence-electron chi connectivity index (χ1n) is 9.15. The minimum absolute atomic E-state index is 0.0582. The van der Waals surface area contributed by atoms with Gasteiger partial charge in [-0.3, -0.25) is 15.0 Å². The van der Waals surface area contributed by atoms with Crippen LogP contribution in [0.15, 0.2) is 45.5 Å². The number of carbonyl (C=O) groups excluding carboxylic acids is 3. The van der Waals surface area contributed by atoms with Crippen molar-refractivity contribution >= 4 is 67.1 Å². The zero-order valence-electron chi connectivity index (χ0n) is 17.2. The molecule has 35 heavy (non-hydrogen) atoms. The monoisotopic (exact) mass is 638 g/mol. The van der Waals surface area contributed by atoms with Crippen molar-refractivity contribution in [3.05, 3.63) is 67.4 Å². The Morgan fingerprint density at radius 1 is 1.11 bits per heavy atom. The molecule has 0 aliphatic heterocycles.